The fraction of sp³-hybridized carbons (Fsp3) is 0.227. The Bertz CT molecular complexity index is 1520. The zero-order chi connectivity index (χ0) is 28.2. The van der Waals surface area contributed by atoms with E-state index in [0.717, 1.165) is 11.5 Å². The number of rotatable bonds is 11. The monoisotopic (exact) mass is 600 g/mol. The molecule has 18 heteroatoms. The largest absolute Gasteiger partial charge is 0.477 e. The lowest BCUT2D eigenvalue weighted by Gasteiger charge is -2.49. The number of allylic oxidation sites excluding steroid dienone is 1. The van der Waals surface area contributed by atoms with Crippen LogP contribution in [0.5, 0.6) is 5.75 Å². The molecular weight excluding hydrogens is 581 g/mol. The van der Waals surface area contributed by atoms with Gasteiger partial charge in [-0.3, -0.25) is 14.5 Å². The number of nitrogens with zero attached hydrogens (tertiary/aromatic N) is 8. The van der Waals surface area contributed by atoms with Gasteiger partial charge in [0.05, 0.1) is 6.54 Å². The number of β-lactam (4-membered cyclic amide) rings is 1. The summed E-state index contributed by atoms with van der Waals surface area (Å²) >= 11 is 3.45. The van der Waals surface area contributed by atoms with Gasteiger partial charge >= 0.3 is 5.97 Å². The molecule has 0 saturated carbocycles. The summed E-state index contributed by atoms with van der Waals surface area (Å²) in [4.78, 5) is 49.1. The maximum absolute atomic E-state index is 13.2. The lowest BCUT2D eigenvalue weighted by molar-refractivity contribution is -0.150. The molecule has 1 aromatic carbocycles. The van der Waals surface area contributed by atoms with Crippen molar-refractivity contribution in [3.8, 4) is 5.75 Å². The number of carboxylic acids is 1. The molecule has 2 aromatic heterocycles. The molecule has 40 heavy (non-hydrogen) atoms. The second-order valence-electron chi connectivity index (χ2n) is 8.14. The van der Waals surface area contributed by atoms with Gasteiger partial charge in [0, 0.05) is 23.0 Å². The van der Waals surface area contributed by atoms with Crippen LogP contribution < -0.4 is 15.9 Å². The quantitative estimate of drug-likeness (QED) is 0.0908. The molecule has 3 aromatic rings. The molecule has 15 nitrogen and oxygen atoms in total. The Hall–Kier alpha value is -4.29. The summed E-state index contributed by atoms with van der Waals surface area (Å²) in [5, 5.41) is 27.9. The molecule has 2 atom stereocenters. The lowest BCUT2D eigenvalue weighted by atomic mass is 10.0. The van der Waals surface area contributed by atoms with Crippen molar-refractivity contribution in [3.63, 3.8) is 0 Å². The average molecular weight is 601 g/mol. The van der Waals surface area contributed by atoms with Crippen LogP contribution in [0.1, 0.15) is 5.82 Å². The van der Waals surface area contributed by atoms with Crippen molar-refractivity contribution >= 4 is 63.7 Å². The summed E-state index contributed by atoms with van der Waals surface area (Å²) in [5.74, 6) is -1.72. The van der Waals surface area contributed by atoms with Gasteiger partial charge in [-0.1, -0.05) is 41.2 Å². The Morgan fingerprint density at radius 1 is 1.35 bits per heavy atom. The molecule has 2 aliphatic rings. The van der Waals surface area contributed by atoms with Crippen LogP contribution in [0.25, 0.3) is 0 Å². The highest BCUT2D eigenvalue weighted by atomic mass is 32.2. The molecule has 2 aliphatic heterocycles. The molecule has 1 unspecified atom stereocenters. The van der Waals surface area contributed by atoms with Gasteiger partial charge in [0.1, 0.15) is 17.1 Å². The zero-order valence-corrected chi connectivity index (χ0v) is 22.9. The van der Waals surface area contributed by atoms with Gasteiger partial charge in [-0.25, -0.2) is 9.48 Å². The van der Waals surface area contributed by atoms with Gasteiger partial charge in [0.15, 0.2) is 10.9 Å². The van der Waals surface area contributed by atoms with E-state index in [1.165, 1.54) is 33.1 Å². The van der Waals surface area contributed by atoms with Crippen molar-refractivity contribution in [2.45, 2.75) is 23.1 Å². The van der Waals surface area contributed by atoms with E-state index in [4.69, 9.17) is 10.6 Å². The zero-order valence-electron chi connectivity index (χ0n) is 20.4. The van der Waals surface area contributed by atoms with Crippen LogP contribution in [0.4, 0.5) is 5.13 Å². The van der Waals surface area contributed by atoms with Crippen LogP contribution >= 0.6 is 35.1 Å². The number of tetrazole rings is 1. The maximum Gasteiger partial charge on any atom is 0.352 e. The number of carboxylic acid groups (broad SMARTS) is 1. The summed E-state index contributed by atoms with van der Waals surface area (Å²) in [6, 6.07) is 7.54. The summed E-state index contributed by atoms with van der Waals surface area (Å²) in [6.07, 6.45) is 1.64. The number of nitrogen functional groups attached to an aromatic ring is 1. The molecule has 1 fully saturated rings. The molecule has 4 heterocycles. The smallest absolute Gasteiger partial charge is 0.352 e. The first-order chi connectivity index (χ1) is 19.4. The van der Waals surface area contributed by atoms with E-state index in [9.17, 15) is 19.5 Å². The molecule has 5 rings (SSSR count). The van der Waals surface area contributed by atoms with Gasteiger partial charge in [-0.05, 0) is 28.1 Å². The molecule has 1 saturated heterocycles. The number of aliphatic carboxylic acids is 1. The second kappa shape index (κ2) is 11.8. The van der Waals surface area contributed by atoms with Crippen molar-refractivity contribution in [1.82, 2.24) is 39.8 Å². The normalized spacial score (nSPS) is 18.6. The van der Waals surface area contributed by atoms with Crippen molar-refractivity contribution in [3.05, 3.63) is 60.1 Å². The van der Waals surface area contributed by atoms with Gasteiger partial charge in [-0.15, -0.1) is 23.4 Å². The number of para-hydroxylation sites is 1. The number of benzene rings is 1. The SMILES string of the molecule is C=CCn1nnnc1SCC1=C(C(=O)O)N2C(=O)C(NC(=O)C(=NOc3ccccc3)c3nsc(N)n3)[C@@H]2SC1. The number of hydrogen-bond donors (Lipinski definition) is 3. The number of anilines is 1. The van der Waals surface area contributed by atoms with Gasteiger partial charge in [0.25, 0.3) is 11.8 Å². The van der Waals surface area contributed by atoms with Crippen molar-refractivity contribution in [2.75, 3.05) is 17.2 Å². The highest BCUT2D eigenvalue weighted by molar-refractivity contribution is 8.01. The summed E-state index contributed by atoms with van der Waals surface area (Å²) in [7, 11) is 0. The molecular formula is C22H20N10O5S3. The molecule has 206 valence electrons. The maximum atomic E-state index is 13.2. The third kappa shape index (κ3) is 5.54. The molecule has 0 spiro atoms. The summed E-state index contributed by atoms with van der Waals surface area (Å²) in [5.41, 5.74) is 5.81. The first-order valence-corrected chi connectivity index (χ1v) is 14.3. The Kier molecular flexibility index (Phi) is 8.08. The van der Waals surface area contributed by atoms with E-state index in [1.807, 2.05) is 0 Å². The van der Waals surface area contributed by atoms with Crippen LogP contribution in [-0.4, -0.2) is 86.0 Å². The van der Waals surface area contributed by atoms with E-state index in [1.54, 1.807) is 36.4 Å². The van der Waals surface area contributed by atoms with E-state index < -0.39 is 29.2 Å². The minimum Gasteiger partial charge on any atom is -0.477 e. The predicted octanol–water partition coefficient (Wildman–Crippen LogP) is 0.607. The number of nitrogens with two attached hydrogens (primary N) is 1. The molecule has 0 aliphatic carbocycles. The molecule has 0 radical (unpaired) electrons. The number of carbonyl (C=O) groups is 3. The first-order valence-electron chi connectivity index (χ1n) is 11.5. The predicted molar refractivity (Wildman–Crippen MR) is 146 cm³/mol. The van der Waals surface area contributed by atoms with E-state index in [-0.39, 0.29) is 28.1 Å². The Morgan fingerprint density at radius 2 is 2.15 bits per heavy atom. The Labute approximate surface area is 238 Å². The number of fused-ring (bicyclic) bond motifs is 1. The number of hydrogen-bond acceptors (Lipinski definition) is 14. The van der Waals surface area contributed by atoms with Gasteiger partial charge in [-0.2, -0.15) is 9.36 Å². The van der Waals surface area contributed by atoms with Crippen LogP contribution in [0.2, 0.25) is 0 Å². The molecule has 4 N–H and O–H groups in total. The van der Waals surface area contributed by atoms with Crippen LogP contribution in [0.3, 0.4) is 0 Å². The molecule has 0 bridgehead atoms. The van der Waals surface area contributed by atoms with Gasteiger partial charge < -0.3 is 21.0 Å². The highest BCUT2D eigenvalue weighted by Gasteiger charge is 2.54. The number of nitrogens with one attached hydrogen (secondary N) is 1. The first kappa shape index (κ1) is 27.3. The number of thioether (sulfide) groups is 2. The fourth-order valence-corrected chi connectivity index (χ4v) is 6.59. The topological polar surface area (TPSA) is 204 Å². The number of oxime groups is 1. The van der Waals surface area contributed by atoms with Crippen molar-refractivity contribution < 1.29 is 24.3 Å². The molecule has 2 amide bonds. The van der Waals surface area contributed by atoms with Gasteiger partial charge in [0.2, 0.25) is 16.7 Å². The fourth-order valence-electron chi connectivity index (χ4n) is 3.79. The van der Waals surface area contributed by atoms with Crippen LogP contribution in [-0.2, 0) is 20.9 Å². The summed E-state index contributed by atoms with van der Waals surface area (Å²) < 4.78 is 5.56. The highest BCUT2D eigenvalue weighted by Crippen LogP contribution is 2.41. The van der Waals surface area contributed by atoms with E-state index >= 15 is 0 Å². The minimum absolute atomic E-state index is 0.0694. The summed E-state index contributed by atoms with van der Waals surface area (Å²) in [6.45, 7) is 4.06. The number of amides is 2. The number of aromatic nitrogens is 6. The number of carbonyl (C=O) groups excluding carboxylic acids is 2. The minimum atomic E-state index is -1.25. The van der Waals surface area contributed by atoms with Crippen molar-refractivity contribution in [2.24, 2.45) is 5.16 Å². The van der Waals surface area contributed by atoms with E-state index in [2.05, 4.69) is 41.9 Å². The Morgan fingerprint density at radius 3 is 2.85 bits per heavy atom. The van der Waals surface area contributed by atoms with Crippen LogP contribution in [0, 0.1) is 0 Å². The Balaban J connectivity index is 1.31. The second-order valence-corrected chi connectivity index (χ2v) is 11.0. The third-order valence-electron chi connectivity index (χ3n) is 5.57. The van der Waals surface area contributed by atoms with Crippen LogP contribution in [0.15, 0.2) is 64.6 Å². The van der Waals surface area contributed by atoms with Crippen molar-refractivity contribution in [1.29, 1.82) is 0 Å². The lowest BCUT2D eigenvalue weighted by Crippen LogP contribution is -2.71. The average Bonchev–Trinajstić information content (AvgIpc) is 3.59. The third-order valence-corrected chi connectivity index (χ3v) is 8.49. The van der Waals surface area contributed by atoms with E-state index in [0.29, 0.717) is 28.8 Å². The standard InChI is InChI=1S/C22H20N10O5S3/c1-2-8-31-22(26-29-30-31)39-10-11-9-38-19-14(18(34)32(19)15(11)20(35)36)24-17(33)13(16-25-21(23)40-28-16)27-37-12-6-4-3-5-7-12/h2-7,14,19H,1,8-10H2,(H,24,33)(H,35,36)(H2,23,25,28)/t14?,19-/m0/s1.